The zero-order valence-electron chi connectivity index (χ0n) is 16.6. The molecule has 0 aromatic heterocycles. The Labute approximate surface area is 179 Å². The topological polar surface area (TPSA) is 97.4 Å². The molecule has 0 saturated carbocycles. The maximum absolute atomic E-state index is 14.9. The summed E-state index contributed by atoms with van der Waals surface area (Å²) < 4.78 is 15.6. The Kier molecular flexibility index (Phi) is 5.33. The minimum Gasteiger partial charge on any atom is -0.399 e. The van der Waals surface area contributed by atoms with Gasteiger partial charge in [0.15, 0.2) is 0 Å². The van der Waals surface area contributed by atoms with Crippen molar-refractivity contribution in [3.63, 3.8) is 0 Å². The number of hydrogen-bond acceptors (Lipinski definition) is 4. The zero-order chi connectivity index (χ0) is 21.6. The van der Waals surface area contributed by atoms with Gasteiger partial charge >= 0.3 is 0 Å². The monoisotopic (exact) mass is 452 g/mol. The summed E-state index contributed by atoms with van der Waals surface area (Å²) in [5.74, 6) is -1.15. The number of hydrogen-bond donors (Lipinski definition) is 1. The summed E-state index contributed by atoms with van der Waals surface area (Å²) >= 11 is 3.39. The van der Waals surface area contributed by atoms with Crippen LogP contribution in [0, 0.1) is 62.5 Å². The lowest BCUT2D eigenvalue weighted by molar-refractivity contribution is 0.179. The molecule has 0 amide bonds. The number of allylic oxidation sites excluding steroid dienone is 3. The smallest absolute Gasteiger partial charge is 0.204 e. The molecule has 6 heteroatoms. The molecule has 3 atom stereocenters. The molecule has 1 aromatic carbocycles. The summed E-state index contributed by atoms with van der Waals surface area (Å²) in [6.45, 7) is 6.43. The molecule has 4 nitrogen and oxygen atoms in total. The quantitative estimate of drug-likeness (QED) is 0.572. The largest absolute Gasteiger partial charge is 0.399 e. The van der Waals surface area contributed by atoms with Gasteiger partial charge in [0.1, 0.15) is 5.82 Å². The number of benzene rings is 1. The van der Waals surface area contributed by atoms with Crippen molar-refractivity contribution >= 4 is 15.9 Å². The average Bonchev–Trinajstić information content (AvgIpc) is 2.68. The molecule has 1 aromatic rings. The van der Waals surface area contributed by atoms with E-state index in [1.807, 2.05) is 6.08 Å². The Hall–Kier alpha value is -2.62. The highest BCUT2D eigenvalue weighted by atomic mass is 79.9. The van der Waals surface area contributed by atoms with Crippen LogP contribution in [-0.2, 0) is 0 Å². The molecule has 0 aliphatic heterocycles. The average molecular weight is 453 g/mol. The number of rotatable bonds is 1. The summed E-state index contributed by atoms with van der Waals surface area (Å²) in [6.07, 6.45) is 3.29. The molecule has 29 heavy (non-hydrogen) atoms. The van der Waals surface area contributed by atoms with Crippen LogP contribution in [0.2, 0.25) is 0 Å². The van der Waals surface area contributed by atoms with Gasteiger partial charge in [0.05, 0.1) is 29.5 Å². The lowest BCUT2D eigenvalue weighted by Gasteiger charge is -2.46. The molecule has 2 aliphatic carbocycles. The second-order valence-corrected chi connectivity index (χ2v) is 9.77. The van der Waals surface area contributed by atoms with Crippen LogP contribution < -0.4 is 5.73 Å². The third kappa shape index (κ3) is 3.25. The first-order valence-corrected chi connectivity index (χ1v) is 10.3. The van der Waals surface area contributed by atoms with Gasteiger partial charge in [-0.15, -0.1) is 0 Å². The van der Waals surface area contributed by atoms with Crippen LogP contribution in [0.4, 0.5) is 4.39 Å². The van der Waals surface area contributed by atoms with Gasteiger partial charge in [0.25, 0.3) is 0 Å². The SMILES string of the molecule is CC(C)(C)C1CC=C2C(C1)C(c1cc(Br)ccc1F)C(C#N)=C(N)C2(C#N)C#N. The zero-order valence-corrected chi connectivity index (χ0v) is 18.2. The third-order valence-corrected chi connectivity index (χ3v) is 6.87. The normalized spacial score (nSPS) is 25.9. The van der Waals surface area contributed by atoms with Crippen LogP contribution in [0.25, 0.3) is 0 Å². The van der Waals surface area contributed by atoms with Crippen molar-refractivity contribution in [3.05, 3.63) is 57.0 Å². The van der Waals surface area contributed by atoms with Gasteiger partial charge in [0, 0.05) is 10.4 Å². The molecule has 0 heterocycles. The molecular weight excluding hydrogens is 431 g/mol. The first-order chi connectivity index (χ1) is 13.6. The molecule has 2 aliphatic rings. The van der Waals surface area contributed by atoms with E-state index < -0.39 is 17.2 Å². The fraction of sp³-hybridized carbons (Fsp3) is 0.435. The Bertz CT molecular complexity index is 1030. The van der Waals surface area contributed by atoms with E-state index >= 15 is 0 Å². The van der Waals surface area contributed by atoms with Crippen molar-refractivity contribution in [1.29, 1.82) is 15.8 Å². The van der Waals surface area contributed by atoms with Crippen molar-refractivity contribution in [2.75, 3.05) is 0 Å². The van der Waals surface area contributed by atoms with Gasteiger partial charge in [-0.3, -0.25) is 0 Å². The van der Waals surface area contributed by atoms with Crippen LogP contribution in [0.1, 0.15) is 45.1 Å². The van der Waals surface area contributed by atoms with Crippen LogP contribution >= 0.6 is 15.9 Å². The molecule has 3 unspecified atom stereocenters. The van der Waals surface area contributed by atoms with E-state index in [1.54, 1.807) is 12.1 Å². The van der Waals surface area contributed by atoms with Gasteiger partial charge in [0.2, 0.25) is 5.41 Å². The van der Waals surface area contributed by atoms with E-state index in [0.29, 0.717) is 28.5 Å². The molecule has 148 valence electrons. The Morgan fingerprint density at radius 2 is 1.86 bits per heavy atom. The molecular formula is C23H22BrFN4. The summed E-state index contributed by atoms with van der Waals surface area (Å²) in [6, 6.07) is 10.9. The maximum Gasteiger partial charge on any atom is 0.204 e. The summed E-state index contributed by atoms with van der Waals surface area (Å²) in [5, 5.41) is 29.8. The molecule has 0 fully saturated rings. The molecule has 0 saturated heterocycles. The lowest BCUT2D eigenvalue weighted by atomic mass is 9.55. The summed E-state index contributed by atoms with van der Waals surface area (Å²) in [4.78, 5) is 0. The van der Waals surface area contributed by atoms with Gasteiger partial charge < -0.3 is 5.73 Å². The van der Waals surface area contributed by atoms with Crippen molar-refractivity contribution < 1.29 is 4.39 Å². The first kappa shape index (κ1) is 21.1. The third-order valence-electron chi connectivity index (χ3n) is 6.37. The number of fused-ring (bicyclic) bond motifs is 1. The van der Waals surface area contributed by atoms with Crippen LogP contribution in [-0.4, -0.2) is 0 Å². The Morgan fingerprint density at radius 1 is 1.21 bits per heavy atom. The minimum atomic E-state index is -1.68. The predicted octanol–water partition coefficient (Wildman–Crippen LogP) is 5.45. The second kappa shape index (κ2) is 7.33. The molecule has 3 rings (SSSR count). The van der Waals surface area contributed by atoms with E-state index in [1.165, 1.54) is 6.07 Å². The second-order valence-electron chi connectivity index (χ2n) is 8.86. The Morgan fingerprint density at radius 3 is 2.41 bits per heavy atom. The highest BCUT2D eigenvalue weighted by molar-refractivity contribution is 9.10. The molecule has 0 spiro atoms. The fourth-order valence-corrected chi connectivity index (χ4v) is 5.04. The van der Waals surface area contributed by atoms with Gasteiger partial charge in [-0.1, -0.05) is 42.8 Å². The molecule has 2 N–H and O–H groups in total. The van der Waals surface area contributed by atoms with E-state index in [2.05, 4.69) is 54.9 Å². The molecule has 0 radical (unpaired) electrons. The first-order valence-electron chi connectivity index (χ1n) is 9.49. The Balaban J connectivity index is 2.34. The van der Waals surface area contributed by atoms with Gasteiger partial charge in [-0.25, -0.2) is 4.39 Å². The van der Waals surface area contributed by atoms with Crippen molar-refractivity contribution in [1.82, 2.24) is 0 Å². The van der Waals surface area contributed by atoms with E-state index in [-0.39, 0.29) is 28.5 Å². The van der Waals surface area contributed by atoms with E-state index in [4.69, 9.17) is 5.73 Å². The number of nitrogens with two attached hydrogens (primary N) is 1. The van der Waals surface area contributed by atoms with Crippen molar-refractivity contribution in [2.45, 2.75) is 39.5 Å². The molecule has 0 bridgehead atoms. The van der Waals surface area contributed by atoms with Crippen LogP contribution in [0.5, 0.6) is 0 Å². The van der Waals surface area contributed by atoms with Crippen molar-refractivity contribution in [2.24, 2.45) is 28.4 Å². The lowest BCUT2D eigenvalue weighted by Crippen LogP contribution is -2.43. The van der Waals surface area contributed by atoms with E-state index in [0.717, 1.165) is 0 Å². The van der Waals surface area contributed by atoms with Gasteiger partial charge in [-0.05, 0) is 59.4 Å². The summed E-state index contributed by atoms with van der Waals surface area (Å²) in [5.41, 5.74) is 5.57. The summed E-state index contributed by atoms with van der Waals surface area (Å²) in [7, 11) is 0. The standard InChI is InChI=1S/C23H22BrFN4/c1-22(2,3)13-4-6-18-15(8-13)20(16-9-14(24)5-7-19(16)25)17(10-26)21(29)23(18,11-27)12-28/h5-7,9,13,15,20H,4,8,29H2,1-3H3. The van der Waals surface area contributed by atoms with Crippen LogP contribution in [0.3, 0.4) is 0 Å². The maximum atomic E-state index is 14.9. The highest BCUT2D eigenvalue weighted by Crippen LogP contribution is 2.57. The van der Waals surface area contributed by atoms with E-state index in [9.17, 15) is 20.2 Å². The minimum absolute atomic E-state index is 0.0101. The highest BCUT2D eigenvalue weighted by Gasteiger charge is 2.53. The number of nitriles is 3. The van der Waals surface area contributed by atoms with Crippen molar-refractivity contribution in [3.8, 4) is 18.2 Å². The van der Waals surface area contributed by atoms with Crippen LogP contribution in [0.15, 0.2) is 45.6 Å². The fourth-order valence-electron chi connectivity index (χ4n) is 4.66. The van der Waals surface area contributed by atoms with Gasteiger partial charge in [-0.2, -0.15) is 15.8 Å². The predicted molar refractivity (Wildman–Crippen MR) is 111 cm³/mol. The number of halogens is 2. The number of nitrogens with zero attached hydrogens (tertiary/aromatic N) is 3.